The molecule has 1 rings (SSSR count). The summed E-state index contributed by atoms with van der Waals surface area (Å²) < 4.78 is 36.5. The Balaban J connectivity index is 2.42. The van der Waals surface area contributed by atoms with Crippen molar-refractivity contribution in [2.75, 3.05) is 0 Å². The molecule has 10 heteroatoms. The average molecular weight is 266 g/mol. The quantitative estimate of drug-likeness (QED) is 0.777. The number of hydrogen-bond acceptors (Lipinski definition) is 4. The Morgan fingerprint density at radius 3 is 2.67 bits per heavy atom. The highest BCUT2D eigenvalue weighted by molar-refractivity contribution is 5.76. The van der Waals surface area contributed by atoms with Gasteiger partial charge in [-0.15, -0.1) is 5.10 Å². The molecule has 1 heterocycles. The van der Waals surface area contributed by atoms with Crippen molar-refractivity contribution in [3.8, 4) is 0 Å². The van der Waals surface area contributed by atoms with E-state index in [0.29, 0.717) is 0 Å². The molecule has 1 aromatic rings. The SMILES string of the molecule is O=C(O)Cn1cc(CNC(=O)CC(F)(F)F)nn1. The molecule has 0 spiro atoms. The number of amides is 1. The van der Waals surface area contributed by atoms with Gasteiger partial charge in [-0.1, -0.05) is 5.21 Å². The van der Waals surface area contributed by atoms with E-state index in [9.17, 15) is 22.8 Å². The van der Waals surface area contributed by atoms with Crippen molar-refractivity contribution in [3.63, 3.8) is 0 Å². The van der Waals surface area contributed by atoms with Gasteiger partial charge in [0.25, 0.3) is 0 Å². The zero-order valence-electron chi connectivity index (χ0n) is 8.94. The van der Waals surface area contributed by atoms with Crippen molar-refractivity contribution < 1.29 is 27.9 Å². The van der Waals surface area contributed by atoms with Gasteiger partial charge >= 0.3 is 12.1 Å². The molecule has 1 amide bonds. The summed E-state index contributed by atoms with van der Waals surface area (Å²) in [5.74, 6) is -2.32. The van der Waals surface area contributed by atoms with Gasteiger partial charge in [-0.05, 0) is 0 Å². The summed E-state index contributed by atoms with van der Waals surface area (Å²) in [6.45, 7) is -0.655. The highest BCUT2D eigenvalue weighted by Gasteiger charge is 2.30. The maximum atomic E-state index is 11.8. The minimum atomic E-state index is -4.56. The average Bonchev–Trinajstić information content (AvgIpc) is 2.59. The minimum absolute atomic E-state index is 0.173. The number of aromatic nitrogens is 3. The molecule has 0 bridgehead atoms. The number of aliphatic carboxylic acids is 1. The molecule has 0 saturated carbocycles. The Morgan fingerprint density at radius 1 is 1.44 bits per heavy atom. The van der Waals surface area contributed by atoms with E-state index in [1.54, 1.807) is 0 Å². The lowest BCUT2D eigenvalue weighted by Gasteiger charge is -2.05. The van der Waals surface area contributed by atoms with Gasteiger partial charge in [-0.25, -0.2) is 4.68 Å². The molecule has 0 unspecified atom stereocenters. The van der Waals surface area contributed by atoms with E-state index in [1.807, 2.05) is 5.32 Å². The lowest BCUT2D eigenvalue weighted by atomic mass is 10.4. The van der Waals surface area contributed by atoms with Crippen LogP contribution < -0.4 is 5.32 Å². The molecule has 0 atom stereocenters. The molecule has 7 nitrogen and oxygen atoms in total. The Morgan fingerprint density at radius 2 is 2.11 bits per heavy atom. The summed E-state index contributed by atoms with van der Waals surface area (Å²) in [5, 5.41) is 17.4. The second-order valence-electron chi connectivity index (χ2n) is 3.37. The van der Waals surface area contributed by atoms with Crippen LogP contribution in [-0.2, 0) is 22.7 Å². The van der Waals surface area contributed by atoms with Crippen LogP contribution in [0.2, 0.25) is 0 Å². The van der Waals surface area contributed by atoms with E-state index < -0.39 is 31.0 Å². The first-order valence-corrected chi connectivity index (χ1v) is 4.70. The van der Waals surface area contributed by atoms with Crippen LogP contribution in [0.4, 0.5) is 13.2 Å². The van der Waals surface area contributed by atoms with E-state index >= 15 is 0 Å². The van der Waals surface area contributed by atoms with Gasteiger partial charge in [0.1, 0.15) is 18.7 Å². The lowest BCUT2D eigenvalue weighted by Crippen LogP contribution is -2.28. The predicted molar refractivity (Wildman–Crippen MR) is 50.2 cm³/mol. The van der Waals surface area contributed by atoms with Crippen molar-refractivity contribution in [3.05, 3.63) is 11.9 Å². The molecule has 1 aromatic heterocycles. The third kappa shape index (κ3) is 5.27. The smallest absolute Gasteiger partial charge is 0.397 e. The largest absolute Gasteiger partial charge is 0.480 e. The molecule has 18 heavy (non-hydrogen) atoms. The van der Waals surface area contributed by atoms with Gasteiger partial charge in [-0.3, -0.25) is 9.59 Å². The van der Waals surface area contributed by atoms with Crippen LogP contribution in [0.25, 0.3) is 0 Å². The number of nitrogens with zero attached hydrogens (tertiary/aromatic N) is 3. The number of carboxylic acids is 1. The molecular formula is C8H9F3N4O3. The molecule has 0 aromatic carbocycles. The third-order valence-electron chi connectivity index (χ3n) is 1.71. The number of halogens is 3. The molecule has 2 N–H and O–H groups in total. The third-order valence-corrected chi connectivity index (χ3v) is 1.71. The topological polar surface area (TPSA) is 97.1 Å². The van der Waals surface area contributed by atoms with Gasteiger partial charge in [0, 0.05) is 0 Å². The first-order valence-electron chi connectivity index (χ1n) is 4.70. The fourth-order valence-corrected chi connectivity index (χ4v) is 1.07. The predicted octanol–water partition coefficient (Wildman–Crippen LogP) is -0.0687. The monoisotopic (exact) mass is 266 g/mol. The van der Waals surface area contributed by atoms with Crippen LogP contribution in [0.1, 0.15) is 12.1 Å². The maximum Gasteiger partial charge on any atom is 0.397 e. The van der Waals surface area contributed by atoms with Crippen molar-refractivity contribution in [1.29, 1.82) is 0 Å². The Hall–Kier alpha value is -2.13. The van der Waals surface area contributed by atoms with E-state index in [0.717, 1.165) is 4.68 Å². The maximum absolute atomic E-state index is 11.8. The van der Waals surface area contributed by atoms with Crippen molar-refractivity contribution in [2.24, 2.45) is 0 Å². The lowest BCUT2D eigenvalue weighted by molar-refractivity contribution is -0.154. The molecule has 100 valence electrons. The highest BCUT2D eigenvalue weighted by Crippen LogP contribution is 2.18. The summed E-state index contributed by atoms with van der Waals surface area (Å²) in [4.78, 5) is 21.2. The summed E-state index contributed by atoms with van der Waals surface area (Å²) in [6, 6.07) is 0. The summed E-state index contributed by atoms with van der Waals surface area (Å²) in [6.07, 6.45) is -4.91. The van der Waals surface area contributed by atoms with E-state index in [1.165, 1.54) is 6.20 Å². The van der Waals surface area contributed by atoms with E-state index in [-0.39, 0.29) is 12.2 Å². The number of rotatable bonds is 5. The standard InChI is InChI=1S/C8H9F3N4O3/c9-8(10,11)1-6(16)12-2-5-3-15(14-13-5)4-7(17)18/h3H,1-2,4H2,(H,12,16)(H,17,18). The molecule has 0 aliphatic rings. The van der Waals surface area contributed by atoms with Gasteiger partial charge in [0.15, 0.2) is 0 Å². The van der Waals surface area contributed by atoms with Crippen LogP contribution in [0.5, 0.6) is 0 Å². The second-order valence-corrected chi connectivity index (χ2v) is 3.37. The zero-order valence-corrected chi connectivity index (χ0v) is 8.94. The van der Waals surface area contributed by atoms with Gasteiger partial charge < -0.3 is 10.4 Å². The fraction of sp³-hybridized carbons (Fsp3) is 0.500. The number of nitrogens with one attached hydrogen (secondary N) is 1. The van der Waals surface area contributed by atoms with Gasteiger partial charge in [0.05, 0.1) is 12.7 Å². The summed E-state index contributed by atoms with van der Waals surface area (Å²) in [7, 11) is 0. The van der Waals surface area contributed by atoms with Gasteiger partial charge in [-0.2, -0.15) is 13.2 Å². The van der Waals surface area contributed by atoms with Crippen LogP contribution in [0, 0.1) is 0 Å². The first-order chi connectivity index (χ1) is 8.26. The van der Waals surface area contributed by atoms with Crippen LogP contribution in [0.15, 0.2) is 6.20 Å². The summed E-state index contributed by atoms with van der Waals surface area (Å²) >= 11 is 0. The van der Waals surface area contributed by atoms with Gasteiger partial charge in [0.2, 0.25) is 5.91 Å². The minimum Gasteiger partial charge on any atom is -0.480 e. The number of carboxylic acid groups (broad SMARTS) is 1. The van der Waals surface area contributed by atoms with Crippen LogP contribution >= 0.6 is 0 Å². The van der Waals surface area contributed by atoms with E-state index in [4.69, 9.17) is 5.11 Å². The number of carbonyl (C=O) groups excluding carboxylic acids is 1. The van der Waals surface area contributed by atoms with E-state index in [2.05, 4.69) is 10.3 Å². The summed E-state index contributed by atoms with van der Waals surface area (Å²) in [5.41, 5.74) is 0.173. The van der Waals surface area contributed by atoms with Crippen molar-refractivity contribution in [1.82, 2.24) is 20.3 Å². The fourth-order valence-electron chi connectivity index (χ4n) is 1.07. The zero-order chi connectivity index (χ0) is 13.8. The van der Waals surface area contributed by atoms with Crippen LogP contribution in [0.3, 0.4) is 0 Å². The van der Waals surface area contributed by atoms with Crippen molar-refractivity contribution in [2.45, 2.75) is 25.7 Å². The second kappa shape index (κ2) is 5.47. The first kappa shape index (κ1) is 13.9. The number of carbonyl (C=O) groups is 2. The molecule has 0 saturated heterocycles. The molecule has 0 aliphatic heterocycles. The van der Waals surface area contributed by atoms with Crippen molar-refractivity contribution >= 4 is 11.9 Å². The molecule has 0 aliphatic carbocycles. The molecule has 0 fully saturated rings. The Kier molecular flexibility index (Phi) is 4.23. The molecular weight excluding hydrogens is 257 g/mol. The number of hydrogen-bond donors (Lipinski definition) is 2. The highest BCUT2D eigenvalue weighted by atomic mass is 19.4. The van der Waals surface area contributed by atoms with Crippen LogP contribution in [-0.4, -0.2) is 38.2 Å². The Bertz CT molecular complexity index is 443. The molecule has 0 radical (unpaired) electrons. The number of alkyl halides is 3. The normalized spacial score (nSPS) is 11.3. The Labute approximate surface area is 98.6 Å².